The average Bonchev–Trinajstić information content (AvgIpc) is 2.97. The minimum absolute atomic E-state index is 0.0690. The lowest BCUT2D eigenvalue weighted by Crippen LogP contribution is -2.49. The van der Waals surface area contributed by atoms with Gasteiger partial charge in [-0.05, 0) is 30.8 Å². The Balaban J connectivity index is 1.85. The molecule has 30 heavy (non-hydrogen) atoms. The number of carboxylic acids is 1. The first-order valence-electron chi connectivity index (χ1n) is 9.56. The molecule has 3 atom stereocenters. The Labute approximate surface area is 182 Å². The number of hydrogen-bond donors (Lipinski definition) is 2. The van der Waals surface area contributed by atoms with Gasteiger partial charge < -0.3 is 25.8 Å². The van der Waals surface area contributed by atoms with E-state index in [1.165, 1.54) is 18.9 Å². The van der Waals surface area contributed by atoms with Gasteiger partial charge in [-0.25, -0.2) is 4.98 Å². The molecule has 1 saturated carbocycles. The maximum Gasteiger partial charge on any atom is 0.276 e. The van der Waals surface area contributed by atoms with Crippen LogP contribution in [0, 0.1) is 5.92 Å². The summed E-state index contributed by atoms with van der Waals surface area (Å²) in [7, 11) is 1.31. The van der Waals surface area contributed by atoms with Crippen LogP contribution in [0.4, 0.5) is 5.13 Å². The summed E-state index contributed by atoms with van der Waals surface area (Å²) >= 11 is 2.66. The van der Waals surface area contributed by atoms with Crippen LogP contribution in [0.1, 0.15) is 38.3 Å². The Morgan fingerprint density at radius 1 is 1.47 bits per heavy atom. The number of ketones is 1. The number of Topliss-reactive ketones (excluding diaryl/α,β-unsaturated/α-hetero) is 1. The topological polar surface area (TPSA) is 147 Å². The predicted octanol–water partition coefficient (Wildman–Crippen LogP) is 0.502. The number of nitrogens with two attached hydrogens (primary N) is 1. The number of oxime groups is 1. The van der Waals surface area contributed by atoms with Crippen molar-refractivity contribution in [1.29, 1.82) is 0 Å². The highest BCUT2D eigenvalue weighted by atomic mass is 32.2. The number of nitrogens with zero attached hydrogens (tertiary/aromatic N) is 2. The maximum absolute atomic E-state index is 12.9. The standard InChI is InChI=1S/C19H24N4O5S2/c1-3-9-7-29-13-6-10(14(9)18(26)27)4-5-12(24)16(13)22-17(25)15(23-28-2)11-8-30-19(20)21-11/h8,10,13,16H,3-7H2,1-2H3,(H2,20,21)(H,22,25)(H,26,27)/p-1/b23-15-/t10?,13-,16+/m0/s1. The first-order valence-corrected chi connectivity index (χ1v) is 11.5. The molecule has 1 aliphatic heterocycles. The fraction of sp³-hybridized carbons (Fsp3) is 0.526. The molecule has 3 N–H and O–H groups in total. The first-order chi connectivity index (χ1) is 14.3. The van der Waals surface area contributed by atoms with Crippen molar-refractivity contribution in [2.75, 3.05) is 18.6 Å². The van der Waals surface area contributed by atoms with E-state index in [9.17, 15) is 19.5 Å². The number of carbonyl (C=O) groups is 3. The van der Waals surface area contributed by atoms with Crippen LogP contribution in [-0.4, -0.2) is 52.5 Å². The molecule has 1 amide bonds. The highest BCUT2D eigenvalue weighted by Gasteiger charge is 2.39. The molecule has 0 radical (unpaired) electrons. The highest BCUT2D eigenvalue weighted by Crippen LogP contribution is 2.40. The fourth-order valence-corrected chi connectivity index (χ4v) is 6.00. The second kappa shape index (κ2) is 9.61. The molecule has 1 fully saturated rings. The quantitative estimate of drug-likeness (QED) is 0.469. The number of aliphatic carboxylic acids is 1. The van der Waals surface area contributed by atoms with Gasteiger partial charge in [-0.2, -0.15) is 11.8 Å². The molecule has 1 aromatic rings. The number of carbonyl (C=O) groups excluding carboxylic acids is 3. The molecule has 2 aliphatic rings. The van der Waals surface area contributed by atoms with Gasteiger partial charge in [-0.15, -0.1) is 11.3 Å². The Hall–Kier alpha value is -2.40. The number of aromatic nitrogens is 1. The molecule has 11 heteroatoms. The summed E-state index contributed by atoms with van der Waals surface area (Å²) in [5.74, 6) is -1.66. The Kier molecular flexibility index (Phi) is 7.14. The van der Waals surface area contributed by atoms with Crippen molar-refractivity contribution in [2.45, 2.75) is 43.9 Å². The number of thioether (sulfide) groups is 1. The van der Waals surface area contributed by atoms with Crippen molar-refractivity contribution in [3.8, 4) is 0 Å². The van der Waals surface area contributed by atoms with Crippen molar-refractivity contribution in [1.82, 2.24) is 10.3 Å². The van der Waals surface area contributed by atoms with Gasteiger partial charge in [0, 0.05) is 22.8 Å². The minimum Gasteiger partial charge on any atom is -0.545 e. The Bertz CT molecular complexity index is 910. The minimum atomic E-state index is -1.16. The molecule has 1 aliphatic carbocycles. The van der Waals surface area contributed by atoms with Crippen molar-refractivity contribution < 1.29 is 24.3 Å². The smallest absolute Gasteiger partial charge is 0.276 e. The van der Waals surface area contributed by atoms with E-state index in [-0.39, 0.29) is 39.9 Å². The van der Waals surface area contributed by atoms with Gasteiger partial charge in [0.25, 0.3) is 5.91 Å². The average molecular weight is 452 g/mol. The van der Waals surface area contributed by atoms with E-state index < -0.39 is 17.9 Å². The zero-order valence-electron chi connectivity index (χ0n) is 16.7. The molecule has 1 unspecified atom stereocenters. The monoisotopic (exact) mass is 451 g/mol. The lowest BCUT2D eigenvalue weighted by atomic mass is 9.87. The number of anilines is 1. The van der Waals surface area contributed by atoms with E-state index in [2.05, 4.69) is 15.5 Å². The van der Waals surface area contributed by atoms with Gasteiger partial charge in [0.15, 0.2) is 16.6 Å². The van der Waals surface area contributed by atoms with Gasteiger partial charge in [0.05, 0.1) is 12.0 Å². The van der Waals surface area contributed by atoms with Gasteiger partial charge in [0.2, 0.25) is 0 Å². The number of nitrogens with one attached hydrogen (secondary N) is 1. The number of hydrogen-bond acceptors (Lipinski definition) is 10. The van der Waals surface area contributed by atoms with Gasteiger partial charge >= 0.3 is 0 Å². The summed E-state index contributed by atoms with van der Waals surface area (Å²) in [6, 6.07) is -0.759. The first kappa shape index (κ1) is 22.3. The SMILES string of the molecule is CCC1=C(C(=O)[O-])C2CCC(=O)[C@@H](NC(=O)/C(=N\OC)c3csc(N)n3)[C@H](C2)SC1. The summed E-state index contributed by atoms with van der Waals surface area (Å²) in [6.07, 6.45) is 1.70. The molecule has 0 spiro atoms. The van der Waals surface area contributed by atoms with E-state index in [1.54, 1.807) is 5.38 Å². The van der Waals surface area contributed by atoms with Crippen molar-refractivity contribution in [3.05, 3.63) is 22.2 Å². The number of carboxylic acid groups (broad SMARTS) is 1. The Morgan fingerprint density at radius 3 is 2.83 bits per heavy atom. The van der Waals surface area contributed by atoms with Crippen LogP contribution in [0.15, 0.2) is 21.7 Å². The largest absolute Gasteiger partial charge is 0.545 e. The number of amides is 1. The molecule has 1 aromatic heterocycles. The van der Waals surface area contributed by atoms with Crippen LogP contribution in [-0.2, 0) is 19.2 Å². The van der Waals surface area contributed by atoms with E-state index in [0.29, 0.717) is 30.6 Å². The van der Waals surface area contributed by atoms with Gasteiger partial charge in [-0.3, -0.25) is 9.59 Å². The second-order valence-corrected chi connectivity index (χ2v) is 9.21. The third-order valence-electron chi connectivity index (χ3n) is 5.33. The summed E-state index contributed by atoms with van der Waals surface area (Å²) in [5, 5.41) is 19.9. The molecule has 3 rings (SSSR count). The Morgan fingerprint density at radius 2 is 2.23 bits per heavy atom. The maximum atomic E-state index is 12.9. The van der Waals surface area contributed by atoms with Crippen LogP contribution in [0.2, 0.25) is 0 Å². The van der Waals surface area contributed by atoms with E-state index in [1.807, 2.05) is 6.92 Å². The molecule has 0 aromatic carbocycles. The molecule has 0 saturated heterocycles. The number of nitrogen functional groups attached to an aromatic ring is 1. The zero-order valence-corrected chi connectivity index (χ0v) is 18.3. The van der Waals surface area contributed by atoms with Crippen LogP contribution in [0.3, 0.4) is 0 Å². The highest BCUT2D eigenvalue weighted by molar-refractivity contribution is 8.00. The zero-order chi connectivity index (χ0) is 21.8. The summed E-state index contributed by atoms with van der Waals surface area (Å²) in [5.41, 5.74) is 7.01. The molecule has 9 nitrogen and oxygen atoms in total. The van der Waals surface area contributed by atoms with E-state index in [0.717, 1.165) is 16.9 Å². The van der Waals surface area contributed by atoms with Crippen LogP contribution < -0.4 is 16.2 Å². The number of thiazole rings is 1. The van der Waals surface area contributed by atoms with Crippen LogP contribution >= 0.6 is 23.1 Å². The number of fused-ring (bicyclic) bond motifs is 2. The lowest BCUT2D eigenvalue weighted by Gasteiger charge is -2.25. The lowest BCUT2D eigenvalue weighted by molar-refractivity contribution is -0.300. The van der Waals surface area contributed by atoms with E-state index >= 15 is 0 Å². The number of rotatable bonds is 6. The summed E-state index contributed by atoms with van der Waals surface area (Å²) in [6.45, 7) is 1.92. The summed E-state index contributed by atoms with van der Waals surface area (Å²) in [4.78, 5) is 46.4. The van der Waals surface area contributed by atoms with E-state index in [4.69, 9.17) is 10.6 Å². The fourth-order valence-electron chi connectivity index (χ4n) is 3.89. The third kappa shape index (κ3) is 4.67. The van der Waals surface area contributed by atoms with Gasteiger partial charge in [-0.1, -0.05) is 17.7 Å². The predicted molar refractivity (Wildman–Crippen MR) is 113 cm³/mol. The van der Waals surface area contributed by atoms with Crippen molar-refractivity contribution in [3.63, 3.8) is 0 Å². The van der Waals surface area contributed by atoms with Crippen LogP contribution in [0.25, 0.3) is 0 Å². The molecular formula is C19H23N4O5S2-. The normalized spacial score (nSPS) is 24.8. The molecule has 2 heterocycles. The second-order valence-electron chi connectivity index (χ2n) is 7.09. The summed E-state index contributed by atoms with van der Waals surface area (Å²) < 4.78 is 0. The van der Waals surface area contributed by atoms with Crippen molar-refractivity contribution >= 4 is 51.6 Å². The molecule has 162 valence electrons. The molecular weight excluding hydrogens is 428 g/mol. The third-order valence-corrected chi connectivity index (χ3v) is 7.41. The van der Waals surface area contributed by atoms with Crippen LogP contribution in [0.5, 0.6) is 0 Å². The van der Waals surface area contributed by atoms with Crippen molar-refractivity contribution in [2.24, 2.45) is 11.1 Å². The van der Waals surface area contributed by atoms with Gasteiger partial charge in [0.1, 0.15) is 12.8 Å². The molecule has 2 bridgehead atoms.